The van der Waals surface area contributed by atoms with Gasteiger partial charge >= 0.3 is 5.69 Å². The molecule has 148 valence electrons. The number of carbonyl (C=O) groups is 1. The first kappa shape index (κ1) is 19.4. The highest BCUT2D eigenvalue weighted by molar-refractivity contribution is 5.81. The van der Waals surface area contributed by atoms with Crippen molar-refractivity contribution in [2.45, 2.75) is 13.5 Å². The number of hydrogen-bond donors (Lipinski definition) is 1. The SMILES string of the molecule is Cc1c(-c2ccc(/C=N\NC(=O)Cn3cc([N+](=O)[O-])cn3)o2)cccc1[N+](=O)[O-]. The zero-order valence-electron chi connectivity index (χ0n) is 15.0. The van der Waals surface area contributed by atoms with E-state index in [1.807, 2.05) is 0 Å². The molecule has 0 fully saturated rings. The molecule has 0 radical (unpaired) electrons. The topological polar surface area (TPSA) is 159 Å². The molecular weight excluding hydrogens is 384 g/mol. The third-order valence-electron chi connectivity index (χ3n) is 3.91. The van der Waals surface area contributed by atoms with E-state index in [0.29, 0.717) is 22.6 Å². The Morgan fingerprint density at radius 3 is 2.76 bits per heavy atom. The molecule has 2 heterocycles. The number of amides is 1. The van der Waals surface area contributed by atoms with Gasteiger partial charge in [0.1, 0.15) is 30.5 Å². The maximum atomic E-state index is 11.8. The smallest absolute Gasteiger partial charge is 0.307 e. The Bertz CT molecular complexity index is 1120. The number of nitrogens with one attached hydrogen (secondary N) is 1. The highest BCUT2D eigenvalue weighted by Gasteiger charge is 2.16. The van der Waals surface area contributed by atoms with Crippen molar-refractivity contribution in [2.75, 3.05) is 0 Å². The molecule has 1 N–H and O–H groups in total. The Morgan fingerprint density at radius 1 is 1.28 bits per heavy atom. The number of nitro benzene ring substituents is 1. The van der Waals surface area contributed by atoms with Crippen LogP contribution < -0.4 is 5.43 Å². The van der Waals surface area contributed by atoms with Gasteiger partial charge in [-0.2, -0.15) is 10.2 Å². The summed E-state index contributed by atoms with van der Waals surface area (Å²) in [5, 5.41) is 29.1. The zero-order valence-corrected chi connectivity index (χ0v) is 15.0. The number of furan rings is 1. The maximum Gasteiger partial charge on any atom is 0.307 e. The van der Waals surface area contributed by atoms with Gasteiger partial charge in [0.25, 0.3) is 11.6 Å². The summed E-state index contributed by atoms with van der Waals surface area (Å²) in [5.41, 5.74) is 3.06. The van der Waals surface area contributed by atoms with Crippen LogP contribution in [0.5, 0.6) is 0 Å². The second-order valence-electron chi connectivity index (χ2n) is 5.86. The Morgan fingerprint density at radius 2 is 2.07 bits per heavy atom. The van der Waals surface area contributed by atoms with Crippen LogP contribution in [0.1, 0.15) is 11.3 Å². The van der Waals surface area contributed by atoms with Gasteiger partial charge in [0.2, 0.25) is 0 Å². The first-order valence-corrected chi connectivity index (χ1v) is 8.18. The zero-order chi connectivity index (χ0) is 21.0. The van der Waals surface area contributed by atoms with Crippen LogP contribution in [0.15, 0.2) is 52.2 Å². The molecule has 0 spiro atoms. The molecule has 0 aliphatic heterocycles. The minimum atomic E-state index is -0.614. The number of hydrogen-bond acceptors (Lipinski definition) is 8. The van der Waals surface area contributed by atoms with Crippen molar-refractivity contribution in [3.8, 4) is 11.3 Å². The Hall–Kier alpha value is -4.35. The first-order valence-electron chi connectivity index (χ1n) is 8.18. The largest absolute Gasteiger partial charge is 0.455 e. The molecule has 0 aliphatic rings. The number of nitrogens with zero attached hydrogens (tertiary/aromatic N) is 5. The van der Waals surface area contributed by atoms with Gasteiger partial charge in [-0.3, -0.25) is 29.7 Å². The molecule has 2 aromatic heterocycles. The Kier molecular flexibility index (Phi) is 5.44. The maximum absolute atomic E-state index is 11.8. The summed E-state index contributed by atoms with van der Waals surface area (Å²) in [6.45, 7) is 1.38. The van der Waals surface area contributed by atoms with Gasteiger partial charge in [-0.1, -0.05) is 12.1 Å². The number of carbonyl (C=O) groups excluding carboxylic acids is 1. The van der Waals surface area contributed by atoms with Crippen LogP contribution in [0.3, 0.4) is 0 Å². The Balaban J connectivity index is 1.63. The normalized spacial score (nSPS) is 10.9. The monoisotopic (exact) mass is 398 g/mol. The van der Waals surface area contributed by atoms with Crippen LogP contribution in [0.25, 0.3) is 11.3 Å². The quantitative estimate of drug-likeness (QED) is 0.363. The lowest BCUT2D eigenvalue weighted by Gasteiger charge is -2.03. The van der Waals surface area contributed by atoms with Crippen LogP contribution in [0.2, 0.25) is 0 Å². The van der Waals surface area contributed by atoms with Gasteiger partial charge in [-0.25, -0.2) is 5.43 Å². The number of nitro groups is 2. The van der Waals surface area contributed by atoms with Crippen LogP contribution >= 0.6 is 0 Å². The van der Waals surface area contributed by atoms with Crippen LogP contribution in [-0.4, -0.2) is 31.7 Å². The van der Waals surface area contributed by atoms with Crippen molar-refractivity contribution in [3.05, 3.63) is 74.3 Å². The number of aromatic nitrogens is 2. The summed E-state index contributed by atoms with van der Waals surface area (Å²) >= 11 is 0. The van der Waals surface area contributed by atoms with Crippen molar-refractivity contribution in [1.82, 2.24) is 15.2 Å². The van der Waals surface area contributed by atoms with Gasteiger partial charge in [0.05, 0.1) is 16.1 Å². The number of benzene rings is 1. The van der Waals surface area contributed by atoms with Crippen molar-refractivity contribution >= 4 is 23.5 Å². The van der Waals surface area contributed by atoms with Gasteiger partial charge in [0.15, 0.2) is 0 Å². The van der Waals surface area contributed by atoms with E-state index in [2.05, 4.69) is 15.6 Å². The molecule has 0 saturated carbocycles. The molecule has 1 amide bonds. The molecule has 0 unspecified atom stereocenters. The van der Waals surface area contributed by atoms with Crippen molar-refractivity contribution < 1.29 is 19.1 Å². The predicted octanol–water partition coefficient (Wildman–Crippen LogP) is 2.42. The van der Waals surface area contributed by atoms with Gasteiger partial charge in [-0.05, 0) is 19.1 Å². The van der Waals surface area contributed by atoms with E-state index in [-0.39, 0.29) is 17.9 Å². The van der Waals surface area contributed by atoms with E-state index in [4.69, 9.17) is 4.42 Å². The fourth-order valence-electron chi connectivity index (χ4n) is 2.54. The van der Waals surface area contributed by atoms with Gasteiger partial charge in [-0.15, -0.1) is 0 Å². The van der Waals surface area contributed by atoms with E-state index in [1.54, 1.807) is 31.2 Å². The molecule has 0 atom stereocenters. The molecule has 0 aliphatic carbocycles. The van der Waals surface area contributed by atoms with Crippen molar-refractivity contribution in [1.29, 1.82) is 0 Å². The second kappa shape index (κ2) is 8.12. The lowest BCUT2D eigenvalue weighted by Crippen LogP contribution is -2.23. The summed E-state index contributed by atoms with van der Waals surface area (Å²) < 4.78 is 6.71. The number of rotatable bonds is 7. The van der Waals surface area contributed by atoms with Gasteiger partial charge in [0, 0.05) is 17.2 Å². The summed E-state index contributed by atoms with van der Waals surface area (Å²) in [6.07, 6.45) is 3.43. The van der Waals surface area contributed by atoms with Crippen LogP contribution in [0, 0.1) is 27.2 Å². The molecule has 0 bridgehead atoms. The molecule has 29 heavy (non-hydrogen) atoms. The van der Waals surface area contributed by atoms with Gasteiger partial charge < -0.3 is 4.42 Å². The van der Waals surface area contributed by atoms with E-state index < -0.39 is 15.8 Å². The molecule has 1 aromatic carbocycles. The average Bonchev–Trinajstić information content (AvgIpc) is 3.31. The van der Waals surface area contributed by atoms with Crippen LogP contribution in [-0.2, 0) is 11.3 Å². The van der Waals surface area contributed by atoms with E-state index in [1.165, 1.54) is 12.3 Å². The molecule has 0 saturated heterocycles. The lowest BCUT2D eigenvalue weighted by molar-refractivity contribution is -0.385. The molecular formula is C17H14N6O6. The first-order chi connectivity index (χ1) is 13.8. The van der Waals surface area contributed by atoms with E-state index in [0.717, 1.165) is 17.1 Å². The fourth-order valence-corrected chi connectivity index (χ4v) is 2.54. The van der Waals surface area contributed by atoms with Crippen molar-refractivity contribution in [2.24, 2.45) is 5.10 Å². The van der Waals surface area contributed by atoms with E-state index >= 15 is 0 Å². The summed E-state index contributed by atoms with van der Waals surface area (Å²) in [5.74, 6) is 0.198. The minimum Gasteiger partial charge on any atom is -0.455 e. The highest BCUT2D eigenvalue weighted by atomic mass is 16.6. The van der Waals surface area contributed by atoms with Crippen LogP contribution in [0.4, 0.5) is 11.4 Å². The lowest BCUT2D eigenvalue weighted by atomic mass is 10.1. The van der Waals surface area contributed by atoms with E-state index in [9.17, 15) is 25.0 Å². The third-order valence-corrected chi connectivity index (χ3v) is 3.91. The summed E-state index contributed by atoms with van der Waals surface area (Å²) in [7, 11) is 0. The molecule has 3 rings (SSSR count). The summed E-state index contributed by atoms with van der Waals surface area (Å²) in [6, 6.07) is 7.91. The second-order valence-corrected chi connectivity index (χ2v) is 5.86. The standard InChI is InChI=1S/C17H14N6O6/c1-11-14(3-2-4-15(11)23(27)28)16-6-5-13(29-16)8-18-20-17(24)10-21-9-12(7-19-21)22(25)26/h2-9H,10H2,1H3,(H,20,24)/b18-8-. The minimum absolute atomic E-state index is 0.0137. The molecule has 12 heteroatoms. The average molecular weight is 398 g/mol. The molecule has 12 nitrogen and oxygen atoms in total. The van der Waals surface area contributed by atoms with Crippen molar-refractivity contribution in [3.63, 3.8) is 0 Å². The third kappa shape index (κ3) is 4.50. The number of hydrazone groups is 1. The predicted molar refractivity (Wildman–Crippen MR) is 100 cm³/mol. The fraction of sp³-hybridized carbons (Fsp3) is 0.118. The summed E-state index contributed by atoms with van der Waals surface area (Å²) in [4.78, 5) is 32.4. The Labute approximate surface area is 162 Å². The molecule has 3 aromatic rings. The highest BCUT2D eigenvalue weighted by Crippen LogP contribution is 2.30.